The lowest BCUT2D eigenvalue weighted by molar-refractivity contribution is -0.137. The van der Waals surface area contributed by atoms with Crippen molar-refractivity contribution in [1.29, 1.82) is 0 Å². The molecule has 0 saturated carbocycles. The maximum Gasteiger partial charge on any atom is 0.322 e. The minimum Gasteiger partial charge on any atom is -0.494 e. The maximum atomic E-state index is 13.1. The number of hydrogen-bond donors (Lipinski definition) is 2. The van der Waals surface area contributed by atoms with Crippen molar-refractivity contribution >= 4 is 11.9 Å². The number of amides is 1. The lowest BCUT2D eigenvalue weighted by Crippen LogP contribution is -2.30. The average molecular weight is 241 g/mol. The molecule has 0 unspecified atom stereocenters. The van der Waals surface area contributed by atoms with Gasteiger partial charge in [-0.15, -0.1) is 0 Å². The summed E-state index contributed by atoms with van der Waals surface area (Å²) in [4.78, 5) is 21.5. The number of carbonyl (C=O) groups excluding carboxylic acids is 1. The van der Waals surface area contributed by atoms with Gasteiger partial charge in [0, 0.05) is 0 Å². The SMILES string of the molecule is COc1cc(CC(=O)NCC(=O)O)ccc1F. The molecule has 0 aliphatic rings. The quantitative estimate of drug-likeness (QED) is 0.790. The molecule has 0 bridgehead atoms. The Morgan fingerprint density at radius 2 is 2.18 bits per heavy atom. The van der Waals surface area contributed by atoms with Crippen molar-refractivity contribution in [3.8, 4) is 5.75 Å². The van der Waals surface area contributed by atoms with Crippen molar-refractivity contribution in [2.45, 2.75) is 6.42 Å². The van der Waals surface area contributed by atoms with Crippen LogP contribution in [0.2, 0.25) is 0 Å². The molecule has 1 aromatic carbocycles. The van der Waals surface area contributed by atoms with Crippen LogP contribution < -0.4 is 10.1 Å². The highest BCUT2D eigenvalue weighted by molar-refractivity contribution is 5.82. The van der Waals surface area contributed by atoms with Gasteiger partial charge in [0.05, 0.1) is 13.5 Å². The predicted octanol–water partition coefficient (Wildman–Crippen LogP) is 0.578. The number of carboxylic acids is 1. The van der Waals surface area contributed by atoms with Crippen molar-refractivity contribution in [2.75, 3.05) is 13.7 Å². The summed E-state index contributed by atoms with van der Waals surface area (Å²) in [5, 5.41) is 10.6. The fraction of sp³-hybridized carbons (Fsp3) is 0.273. The van der Waals surface area contributed by atoms with E-state index >= 15 is 0 Å². The zero-order valence-electron chi connectivity index (χ0n) is 9.20. The molecular weight excluding hydrogens is 229 g/mol. The van der Waals surface area contributed by atoms with Gasteiger partial charge in [-0.25, -0.2) is 4.39 Å². The van der Waals surface area contributed by atoms with E-state index in [4.69, 9.17) is 9.84 Å². The van der Waals surface area contributed by atoms with Crippen molar-refractivity contribution < 1.29 is 23.8 Å². The van der Waals surface area contributed by atoms with E-state index < -0.39 is 24.2 Å². The number of carbonyl (C=O) groups is 2. The van der Waals surface area contributed by atoms with E-state index in [1.165, 1.54) is 25.3 Å². The first-order valence-corrected chi connectivity index (χ1v) is 4.84. The van der Waals surface area contributed by atoms with E-state index in [1.807, 2.05) is 0 Å². The molecule has 0 heterocycles. The molecule has 6 heteroatoms. The number of carboxylic acid groups (broad SMARTS) is 1. The number of benzene rings is 1. The summed E-state index contributed by atoms with van der Waals surface area (Å²) >= 11 is 0. The van der Waals surface area contributed by atoms with Gasteiger partial charge in [-0.3, -0.25) is 9.59 Å². The summed E-state index contributed by atoms with van der Waals surface area (Å²) in [5.74, 6) is -2.02. The Morgan fingerprint density at radius 1 is 1.47 bits per heavy atom. The summed E-state index contributed by atoms with van der Waals surface area (Å²) in [6.07, 6.45) is -0.0239. The van der Waals surface area contributed by atoms with Gasteiger partial charge in [0.2, 0.25) is 5.91 Å². The minimum absolute atomic E-state index is 0.0239. The Labute approximate surface area is 97.2 Å². The molecule has 0 saturated heterocycles. The van der Waals surface area contributed by atoms with E-state index in [2.05, 4.69) is 5.32 Å². The van der Waals surface area contributed by atoms with Crippen LogP contribution in [-0.2, 0) is 16.0 Å². The second-order valence-corrected chi connectivity index (χ2v) is 3.32. The van der Waals surface area contributed by atoms with Crippen molar-refractivity contribution in [2.24, 2.45) is 0 Å². The number of ether oxygens (including phenoxy) is 1. The van der Waals surface area contributed by atoms with Crippen molar-refractivity contribution in [1.82, 2.24) is 5.32 Å². The highest BCUT2D eigenvalue weighted by atomic mass is 19.1. The van der Waals surface area contributed by atoms with Gasteiger partial charge in [0.15, 0.2) is 11.6 Å². The zero-order chi connectivity index (χ0) is 12.8. The number of nitrogens with one attached hydrogen (secondary N) is 1. The number of aliphatic carboxylic acids is 1. The monoisotopic (exact) mass is 241 g/mol. The van der Waals surface area contributed by atoms with Gasteiger partial charge in [0.1, 0.15) is 6.54 Å². The lowest BCUT2D eigenvalue weighted by atomic mass is 10.1. The molecule has 0 radical (unpaired) electrons. The normalized spacial score (nSPS) is 9.76. The highest BCUT2D eigenvalue weighted by Gasteiger charge is 2.08. The lowest BCUT2D eigenvalue weighted by Gasteiger charge is -2.05. The molecule has 92 valence electrons. The van der Waals surface area contributed by atoms with E-state index in [9.17, 15) is 14.0 Å². The zero-order valence-corrected chi connectivity index (χ0v) is 9.20. The standard InChI is InChI=1S/C11H12FNO4/c1-17-9-4-7(2-3-8(9)12)5-10(14)13-6-11(15)16/h2-4H,5-6H2,1H3,(H,13,14)(H,15,16). The van der Waals surface area contributed by atoms with Gasteiger partial charge >= 0.3 is 5.97 Å². The molecule has 1 aromatic rings. The van der Waals surface area contributed by atoms with E-state index in [1.54, 1.807) is 0 Å². The third-order valence-corrected chi connectivity index (χ3v) is 2.02. The van der Waals surface area contributed by atoms with Crippen LogP contribution in [0.4, 0.5) is 4.39 Å². The summed E-state index contributed by atoms with van der Waals surface area (Å²) in [6, 6.07) is 4.03. The Kier molecular flexibility index (Phi) is 4.45. The number of rotatable bonds is 5. The van der Waals surface area contributed by atoms with Crippen LogP contribution in [0.25, 0.3) is 0 Å². The molecule has 5 nitrogen and oxygen atoms in total. The van der Waals surface area contributed by atoms with Gasteiger partial charge in [-0.05, 0) is 17.7 Å². The van der Waals surface area contributed by atoms with Gasteiger partial charge in [-0.1, -0.05) is 6.07 Å². The molecule has 17 heavy (non-hydrogen) atoms. The van der Waals surface area contributed by atoms with Crippen LogP contribution in [0.3, 0.4) is 0 Å². The Morgan fingerprint density at radius 3 is 2.76 bits per heavy atom. The molecule has 0 aliphatic carbocycles. The van der Waals surface area contributed by atoms with Crippen LogP contribution in [0, 0.1) is 5.82 Å². The van der Waals surface area contributed by atoms with E-state index in [0.29, 0.717) is 5.56 Å². The fourth-order valence-electron chi connectivity index (χ4n) is 1.24. The topological polar surface area (TPSA) is 75.6 Å². The molecular formula is C11H12FNO4. The second kappa shape index (κ2) is 5.83. The van der Waals surface area contributed by atoms with Crippen LogP contribution >= 0.6 is 0 Å². The number of hydrogen-bond acceptors (Lipinski definition) is 3. The summed E-state index contributed by atoms with van der Waals surface area (Å²) < 4.78 is 17.8. The largest absolute Gasteiger partial charge is 0.494 e. The Hall–Kier alpha value is -2.11. The first-order chi connectivity index (χ1) is 8.02. The number of halogens is 1. The summed E-state index contributed by atoms with van der Waals surface area (Å²) in [6.45, 7) is -0.433. The second-order valence-electron chi connectivity index (χ2n) is 3.32. The van der Waals surface area contributed by atoms with Gasteiger partial charge in [0.25, 0.3) is 0 Å². The number of methoxy groups -OCH3 is 1. The predicted molar refractivity (Wildman–Crippen MR) is 57.3 cm³/mol. The molecule has 1 amide bonds. The molecule has 2 N–H and O–H groups in total. The van der Waals surface area contributed by atoms with Crippen LogP contribution in [-0.4, -0.2) is 30.6 Å². The molecule has 1 rings (SSSR count). The minimum atomic E-state index is -1.12. The molecule has 0 aliphatic heterocycles. The van der Waals surface area contributed by atoms with Crippen molar-refractivity contribution in [3.05, 3.63) is 29.6 Å². The first-order valence-electron chi connectivity index (χ1n) is 4.84. The first kappa shape index (κ1) is 13.0. The van der Waals surface area contributed by atoms with Crippen LogP contribution in [0.5, 0.6) is 5.75 Å². The maximum absolute atomic E-state index is 13.1. The van der Waals surface area contributed by atoms with Gasteiger partial charge < -0.3 is 15.2 Å². The van der Waals surface area contributed by atoms with Gasteiger partial charge in [-0.2, -0.15) is 0 Å². The highest BCUT2D eigenvalue weighted by Crippen LogP contribution is 2.18. The third kappa shape index (κ3) is 4.10. The summed E-state index contributed by atoms with van der Waals surface area (Å²) in [7, 11) is 1.33. The van der Waals surface area contributed by atoms with Crippen LogP contribution in [0.1, 0.15) is 5.56 Å². The average Bonchev–Trinajstić information content (AvgIpc) is 2.29. The molecule has 0 spiro atoms. The summed E-state index contributed by atoms with van der Waals surface area (Å²) in [5.41, 5.74) is 0.547. The third-order valence-electron chi connectivity index (χ3n) is 2.02. The molecule has 0 aromatic heterocycles. The molecule has 0 fully saturated rings. The van der Waals surface area contributed by atoms with Crippen LogP contribution in [0.15, 0.2) is 18.2 Å². The Bertz CT molecular complexity index is 433. The molecule has 0 atom stereocenters. The fourth-order valence-corrected chi connectivity index (χ4v) is 1.24. The van der Waals surface area contributed by atoms with E-state index in [0.717, 1.165) is 0 Å². The Balaban J connectivity index is 2.62. The smallest absolute Gasteiger partial charge is 0.322 e. The van der Waals surface area contributed by atoms with Crippen molar-refractivity contribution in [3.63, 3.8) is 0 Å². The van der Waals surface area contributed by atoms with E-state index in [-0.39, 0.29) is 12.2 Å².